The summed E-state index contributed by atoms with van der Waals surface area (Å²) in [4.78, 5) is 8.15. The summed E-state index contributed by atoms with van der Waals surface area (Å²) in [6.07, 6.45) is -3.99. The number of nitrogens with zero attached hydrogens (tertiary/aromatic N) is 2. The fourth-order valence-corrected chi connectivity index (χ4v) is 3.12. The van der Waals surface area contributed by atoms with Crippen molar-refractivity contribution >= 4 is 17.3 Å². The van der Waals surface area contributed by atoms with Gasteiger partial charge in [0, 0.05) is 31.5 Å². The first kappa shape index (κ1) is 22.2. The molecule has 0 atom stereocenters. The number of ether oxygens (including phenoxy) is 1. The summed E-state index contributed by atoms with van der Waals surface area (Å²) >= 11 is 1.02. The van der Waals surface area contributed by atoms with Crippen LogP contribution in [0.15, 0.2) is 34.6 Å². The van der Waals surface area contributed by atoms with Crippen LogP contribution >= 0.6 is 11.3 Å². The number of thiazole rings is 1. The molecule has 0 saturated heterocycles. The molecule has 0 aliphatic heterocycles. The van der Waals surface area contributed by atoms with E-state index in [0.29, 0.717) is 50.2 Å². The van der Waals surface area contributed by atoms with Crippen LogP contribution in [0.5, 0.6) is 0 Å². The van der Waals surface area contributed by atoms with Crippen LogP contribution in [-0.4, -0.2) is 30.6 Å². The first-order valence-electron chi connectivity index (χ1n) is 9.11. The number of guanidine groups is 1. The summed E-state index contributed by atoms with van der Waals surface area (Å²) in [5.74, 6) is 0.619. The Morgan fingerprint density at radius 2 is 1.86 bits per heavy atom. The molecule has 0 spiro atoms. The van der Waals surface area contributed by atoms with Crippen molar-refractivity contribution < 1.29 is 17.9 Å². The lowest BCUT2D eigenvalue weighted by atomic mass is 10.1. The molecule has 0 saturated carbocycles. The minimum absolute atomic E-state index is 0.400. The van der Waals surface area contributed by atoms with E-state index >= 15 is 0 Å². The lowest BCUT2D eigenvalue weighted by Crippen LogP contribution is -2.38. The summed E-state index contributed by atoms with van der Waals surface area (Å²) in [5, 5.41) is 7.75. The van der Waals surface area contributed by atoms with Crippen molar-refractivity contribution in [1.82, 2.24) is 15.6 Å². The first-order valence-corrected chi connectivity index (χ1v) is 9.99. The molecule has 28 heavy (non-hydrogen) atoms. The van der Waals surface area contributed by atoms with Crippen LogP contribution in [0.3, 0.4) is 0 Å². The van der Waals surface area contributed by atoms with Gasteiger partial charge in [-0.25, -0.2) is 9.98 Å². The first-order chi connectivity index (χ1) is 13.4. The Labute approximate surface area is 167 Å². The van der Waals surface area contributed by atoms with Crippen LogP contribution < -0.4 is 10.6 Å². The van der Waals surface area contributed by atoms with Crippen molar-refractivity contribution in [3.8, 4) is 0 Å². The maximum absolute atomic E-state index is 12.6. The van der Waals surface area contributed by atoms with Gasteiger partial charge in [-0.05, 0) is 25.0 Å². The Morgan fingerprint density at radius 3 is 2.46 bits per heavy atom. The van der Waals surface area contributed by atoms with Gasteiger partial charge in [0.15, 0.2) is 11.7 Å². The van der Waals surface area contributed by atoms with Gasteiger partial charge in [-0.3, -0.25) is 0 Å². The minimum Gasteiger partial charge on any atom is -0.377 e. The van der Waals surface area contributed by atoms with E-state index in [4.69, 9.17) is 4.74 Å². The normalized spacial score (nSPS) is 12.2. The summed E-state index contributed by atoms with van der Waals surface area (Å²) in [6.45, 7) is 6.83. The van der Waals surface area contributed by atoms with E-state index < -0.39 is 11.9 Å². The summed E-state index contributed by atoms with van der Waals surface area (Å²) in [6, 6.07) is 8.05. The van der Waals surface area contributed by atoms with Gasteiger partial charge in [0.05, 0.1) is 18.2 Å². The molecule has 5 nitrogen and oxygen atoms in total. The Balaban J connectivity index is 1.85. The predicted octanol–water partition coefficient (Wildman–Crippen LogP) is 4.00. The molecule has 1 heterocycles. The molecule has 0 fully saturated rings. The van der Waals surface area contributed by atoms with E-state index in [1.165, 1.54) is 0 Å². The third-order valence-corrected chi connectivity index (χ3v) is 4.64. The molecular formula is C19H25F3N4OS. The van der Waals surface area contributed by atoms with Crippen LogP contribution in [0.25, 0.3) is 0 Å². The van der Waals surface area contributed by atoms with E-state index in [1.807, 2.05) is 38.1 Å². The van der Waals surface area contributed by atoms with Crippen molar-refractivity contribution in [2.45, 2.75) is 39.6 Å². The lowest BCUT2D eigenvalue weighted by Gasteiger charge is -2.11. The van der Waals surface area contributed by atoms with Gasteiger partial charge in [0.1, 0.15) is 0 Å². The highest BCUT2D eigenvalue weighted by Crippen LogP contribution is 2.29. The molecule has 0 unspecified atom stereocenters. The molecule has 2 N–H and O–H groups in total. The van der Waals surface area contributed by atoms with Crippen molar-refractivity contribution in [2.24, 2.45) is 4.99 Å². The van der Waals surface area contributed by atoms with Crippen LogP contribution in [-0.2, 0) is 30.5 Å². The molecule has 9 heteroatoms. The molecule has 0 aliphatic rings. The maximum atomic E-state index is 12.6. The van der Waals surface area contributed by atoms with E-state index in [1.54, 1.807) is 0 Å². The average Bonchev–Trinajstić information content (AvgIpc) is 3.15. The van der Waals surface area contributed by atoms with Gasteiger partial charge < -0.3 is 15.4 Å². The molecule has 0 bridgehead atoms. The van der Waals surface area contributed by atoms with Crippen LogP contribution in [0.4, 0.5) is 13.2 Å². The second kappa shape index (κ2) is 11.0. The zero-order chi connectivity index (χ0) is 20.4. The van der Waals surface area contributed by atoms with Gasteiger partial charge in [-0.2, -0.15) is 13.2 Å². The van der Waals surface area contributed by atoms with Crippen LogP contribution in [0.1, 0.15) is 35.7 Å². The fraction of sp³-hybridized carbons (Fsp3) is 0.474. The second-order valence-corrected chi connectivity index (χ2v) is 6.89. The predicted molar refractivity (Wildman–Crippen MR) is 105 cm³/mol. The third kappa shape index (κ3) is 7.47. The number of aromatic nitrogens is 1. The highest BCUT2D eigenvalue weighted by Gasteiger charge is 2.33. The van der Waals surface area contributed by atoms with Crippen molar-refractivity contribution in [2.75, 3.05) is 19.7 Å². The molecule has 0 amide bonds. The number of alkyl halides is 3. The van der Waals surface area contributed by atoms with Crippen LogP contribution in [0, 0.1) is 0 Å². The van der Waals surface area contributed by atoms with E-state index in [-0.39, 0.29) is 0 Å². The number of benzene rings is 1. The van der Waals surface area contributed by atoms with Gasteiger partial charge in [0.2, 0.25) is 0 Å². The van der Waals surface area contributed by atoms with Crippen molar-refractivity contribution in [1.29, 1.82) is 0 Å². The standard InChI is InChI=1S/C19H25F3N4OS/c1-3-23-18(24-10-9-17-26-16(13-28-17)19(20,21)22)25-11-14-5-7-15(8-6-14)12-27-4-2/h5-8,13H,3-4,9-12H2,1-2H3,(H2,23,24,25). The second-order valence-electron chi connectivity index (χ2n) is 5.95. The van der Waals surface area contributed by atoms with E-state index in [0.717, 1.165) is 27.8 Å². The Kier molecular flexibility index (Phi) is 8.72. The molecule has 2 rings (SSSR count). The monoisotopic (exact) mass is 414 g/mol. The number of hydrogen-bond acceptors (Lipinski definition) is 4. The number of aliphatic imine (C=N–C) groups is 1. The topological polar surface area (TPSA) is 58.5 Å². The average molecular weight is 414 g/mol. The maximum Gasteiger partial charge on any atom is 0.434 e. The SMILES string of the molecule is CCNC(=NCc1ccc(COCC)cc1)NCCc1nc(C(F)(F)F)cs1. The smallest absolute Gasteiger partial charge is 0.377 e. The fourth-order valence-electron chi connectivity index (χ4n) is 2.32. The zero-order valence-corrected chi connectivity index (χ0v) is 16.8. The minimum atomic E-state index is -4.39. The largest absolute Gasteiger partial charge is 0.434 e. The van der Waals surface area contributed by atoms with E-state index in [9.17, 15) is 13.2 Å². The summed E-state index contributed by atoms with van der Waals surface area (Å²) < 4.78 is 43.2. The Bertz CT molecular complexity index is 744. The molecule has 1 aromatic heterocycles. The Hall–Kier alpha value is -2.13. The van der Waals surface area contributed by atoms with Crippen molar-refractivity contribution in [3.05, 3.63) is 51.5 Å². The van der Waals surface area contributed by atoms with Crippen molar-refractivity contribution in [3.63, 3.8) is 0 Å². The van der Waals surface area contributed by atoms with Gasteiger partial charge in [-0.15, -0.1) is 11.3 Å². The summed E-state index contributed by atoms with van der Waals surface area (Å²) in [7, 11) is 0. The number of hydrogen-bond donors (Lipinski definition) is 2. The molecule has 154 valence electrons. The highest BCUT2D eigenvalue weighted by molar-refractivity contribution is 7.09. The molecular weight excluding hydrogens is 389 g/mol. The van der Waals surface area contributed by atoms with Gasteiger partial charge in [0.25, 0.3) is 0 Å². The number of rotatable bonds is 9. The van der Waals surface area contributed by atoms with E-state index in [2.05, 4.69) is 20.6 Å². The molecule has 0 aliphatic carbocycles. The zero-order valence-electron chi connectivity index (χ0n) is 16.0. The van der Waals surface area contributed by atoms with Gasteiger partial charge in [-0.1, -0.05) is 24.3 Å². The lowest BCUT2D eigenvalue weighted by molar-refractivity contribution is -0.140. The van der Waals surface area contributed by atoms with Gasteiger partial charge >= 0.3 is 6.18 Å². The van der Waals surface area contributed by atoms with Crippen LogP contribution in [0.2, 0.25) is 0 Å². The summed E-state index contributed by atoms with van der Waals surface area (Å²) in [5.41, 5.74) is 1.34. The number of halogens is 3. The third-order valence-electron chi connectivity index (χ3n) is 3.73. The molecule has 0 radical (unpaired) electrons. The highest BCUT2D eigenvalue weighted by atomic mass is 32.1. The molecule has 2 aromatic rings. The number of nitrogens with one attached hydrogen (secondary N) is 2. The quantitative estimate of drug-likeness (QED) is 0.481. The Morgan fingerprint density at radius 1 is 1.14 bits per heavy atom. The molecule has 1 aromatic carbocycles.